The van der Waals surface area contributed by atoms with Crippen molar-refractivity contribution in [2.75, 3.05) is 17.7 Å². The quantitative estimate of drug-likeness (QED) is 0.873. The summed E-state index contributed by atoms with van der Waals surface area (Å²) in [6.45, 7) is 4.94. The van der Waals surface area contributed by atoms with Crippen LogP contribution in [0, 0.1) is 13.8 Å². The van der Waals surface area contributed by atoms with Crippen molar-refractivity contribution in [3.05, 3.63) is 33.6 Å². The van der Waals surface area contributed by atoms with Gasteiger partial charge in [-0.1, -0.05) is 0 Å². The number of nitrogens with zero attached hydrogens (tertiary/aromatic N) is 2. The van der Waals surface area contributed by atoms with Gasteiger partial charge in [-0.05, 0) is 30.9 Å². The third-order valence-corrected chi connectivity index (χ3v) is 3.60. The van der Waals surface area contributed by atoms with Crippen LogP contribution in [-0.4, -0.2) is 17.0 Å². The molecule has 0 radical (unpaired) electrons. The molecule has 4 nitrogen and oxygen atoms in total. The Hall–Kier alpha value is -1.62. The van der Waals surface area contributed by atoms with Crippen molar-refractivity contribution in [3.63, 3.8) is 0 Å². The van der Waals surface area contributed by atoms with Crippen molar-refractivity contribution in [2.45, 2.75) is 20.4 Å². The molecule has 0 bridgehead atoms. The van der Waals surface area contributed by atoms with Gasteiger partial charge < -0.3 is 10.6 Å². The number of aryl methyl sites for hydroxylation is 2. The molecule has 0 amide bonds. The zero-order valence-corrected chi connectivity index (χ0v) is 11.1. The van der Waals surface area contributed by atoms with E-state index < -0.39 is 0 Å². The van der Waals surface area contributed by atoms with Gasteiger partial charge in [-0.3, -0.25) is 0 Å². The van der Waals surface area contributed by atoms with E-state index in [1.165, 1.54) is 10.4 Å². The monoisotopic (exact) mass is 248 g/mol. The van der Waals surface area contributed by atoms with Gasteiger partial charge in [0.2, 0.25) is 5.95 Å². The van der Waals surface area contributed by atoms with Crippen molar-refractivity contribution in [1.29, 1.82) is 0 Å². The first-order chi connectivity index (χ1) is 8.20. The van der Waals surface area contributed by atoms with Gasteiger partial charge >= 0.3 is 0 Å². The second-order valence-electron chi connectivity index (χ2n) is 3.86. The van der Waals surface area contributed by atoms with E-state index in [1.807, 2.05) is 20.2 Å². The summed E-state index contributed by atoms with van der Waals surface area (Å²) >= 11 is 1.76. The van der Waals surface area contributed by atoms with Crippen molar-refractivity contribution < 1.29 is 0 Å². The molecule has 5 heteroatoms. The Balaban J connectivity index is 2.11. The average Bonchev–Trinajstić information content (AvgIpc) is 2.74. The molecule has 0 atom stereocenters. The van der Waals surface area contributed by atoms with E-state index in [0.717, 1.165) is 17.9 Å². The zero-order valence-electron chi connectivity index (χ0n) is 10.2. The highest BCUT2D eigenvalue weighted by molar-refractivity contribution is 7.10. The predicted molar refractivity (Wildman–Crippen MR) is 72.7 cm³/mol. The number of hydrogen-bond acceptors (Lipinski definition) is 5. The molecule has 0 saturated carbocycles. The first kappa shape index (κ1) is 11.9. The minimum atomic E-state index is 0.640. The van der Waals surface area contributed by atoms with Crippen LogP contribution < -0.4 is 10.6 Å². The summed E-state index contributed by atoms with van der Waals surface area (Å²) in [6.07, 6.45) is 1.82. The number of rotatable bonds is 4. The predicted octanol–water partition coefficient (Wildman–Crippen LogP) is 2.81. The number of aromatic nitrogens is 2. The molecule has 0 saturated heterocycles. The standard InChI is InChI=1S/C12H16N4S/c1-8-4-5-17-10(8)7-14-11-9(2)6-15-12(13-3)16-11/h4-6H,7H2,1-3H3,(H2,13,14,15,16). The van der Waals surface area contributed by atoms with Crippen molar-refractivity contribution >= 4 is 23.1 Å². The summed E-state index contributed by atoms with van der Waals surface area (Å²) in [4.78, 5) is 9.89. The Morgan fingerprint density at radius 1 is 1.29 bits per heavy atom. The van der Waals surface area contributed by atoms with Gasteiger partial charge in [-0.25, -0.2) is 4.98 Å². The number of thiophene rings is 1. The topological polar surface area (TPSA) is 49.8 Å². The van der Waals surface area contributed by atoms with Crippen LogP contribution in [0.5, 0.6) is 0 Å². The molecular weight excluding hydrogens is 232 g/mol. The third kappa shape index (κ3) is 2.74. The summed E-state index contributed by atoms with van der Waals surface area (Å²) in [5.74, 6) is 1.53. The smallest absolute Gasteiger partial charge is 0.224 e. The average molecular weight is 248 g/mol. The summed E-state index contributed by atoms with van der Waals surface area (Å²) in [5, 5.41) is 8.40. The molecule has 0 aliphatic carbocycles. The number of hydrogen-bond donors (Lipinski definition) is 2. The fraction of sp³-hybridized carbons (Fsp3) is 0.333. The first-order valence-corrected chi connectivity index (χ1v) is 6.37. The van der Waals surface area contributed by atoms with Gasteiger partial charge in [0.25, 0.3) is 0 Å². The van der Waals surface area contributed by atoms with Gasteiger partial charge in [0.1, 0.15) is 5.82 Å². The maximum Gasteiger partial charge on any atom is 0.224 e. The van der Waals surface area contributed by atoms with Crippen LogP contribution in [0.3, 0.4) is 0 Å². The molecule has 0 spiro atoms. The van der Waals surface area contributed by atoms with Crippen LogP contribution >= 0.6 is 11.3 Å². The molecule has 2 N–H and O–H groups in total. The maximum atomic E-state index is 4.39. The van der Waals surface area contributed by atoms with Crippen LogP contribution in [0.1, 0.15) is 16.0 Å². The van der Waals surface area contributed by atoms with E-state index >= 15 is 0 Å². The normalized spacial score (nSPS) is 10.3. The molecule has 90 valence electrons. The maximum absolute atomic E-state index is 4.39. The molecule has 0 fully saturated rings. The van der Waals surface area contributed by atoms with Crippen LogP contribution in [0.2, 0.25) is 0 Å². The lowest BCUT2D eigenvalue weighted by Crippen LogP contribution is -2.06. The third-order valence-electron chi connectivity index (χ3n) is 2.58. The molecule has 0 aromatic carbocycles. The molecule has 0 aliphatic heterocycles. The highest BCUT2D eigenvalue weighted by Crippen LogP contribution is 2.18. The highest BCUT2D eigenvalue weighted by Gasteiger charge is 2.04. The molecular formula is C12H16N4S. The lowest BCUT2D eigenvalue weighted by Gasteiger charge is -2.09. The Kier molecular flexibility index (Phi) is 3.58. The Morgan fingerprint density at radius 3 is 2.76 bits per heavy atom. The Labute approximate surface area is 105 Å². The van der Waals surface area contributed by atoms with E-state index in [0.29, 0.717) is 5.95 Å². The highest BCUT2D eigenvalue weighted by atomic mass is 32.1. The van der Waals surface area contributed by atoms with Crippen LogP contribution in [0.15, 0.2) is 17.6 Å². The Bertz CT molecular complexity index is 507. The molecule has 0 aliphatic rings. The second-order valence-corrected chi connectivity index (χ2v) is 4.86. The molecule has 2 aromatic heterocycles. The Morgan fingerprint density at radius 2 is 2.12 bits per heavy atom. The number of nitrogens with one attached hydrogen (secondary N) is 2. The molecule has 2 heterocycles. The van der Waals surface area contributed by atoms with E-state index in [1.54, 1.807) is 11.3 Å². The van der Waals surface area contributed by atoms with Gasteiger partial charge in [0.05, 0.1) is 6.54 Å². The second kappa shape index (κ2) is 5.14. The lowest BCUT2D eigenvalue weighted by atomic mass is 10.3. The van der Waals surface area contributed by atoms with Crippen LogP contribution in [0.4, 0.5) is 11.8 Å². The first-order valence-electron chi connectivity index (χ1n) is 5.49. The van der Waals surface area contributed by atoms with E-state index in [9.17, 15) is 0 Å². The zero-order chi connectivity index (χ0) is 12.3. The molecule has 17 heavy (non-hydrogen) atoms. The SMILES string of the molecule is CNc1ncc(C)c(NCc2sccc2C)n1. The lowest BCUT2D eigenvalue weighted by molar-refractivity contribution is 1.06. The fourth-order valence-electron chi connectivity index (χ4n) is 1.49. The molecule has 2 rings (SSSR count). The van der Waals surface area contributed by atoms with Crippen molar-refractivity contribution in [1.82, 2.24) is 9.97 Å². The van der Waals surface area contributed by atoms with E-state index in [4.69, 9.17) is 0 Å². The fourth-order valence-corrected chi connectivity index (χ4v) is 2.34. The van der Waals surface area contributed by atoms with E-state index in [2.05, 4.69) is 39.0 Å². The van der Waals surface area contributed by atoms with Crippen molar-refractivity contribution in [3.8, 4) is 0 Å². The summed E-state index contributed by atoms with van der Waals surface area (Å²) < 4.78 is 0. The minimum Gasteiger partial charge on any atom is -0.365 e. The molecule has 0 unspecified atom stereocenters. The van der Waals surface area contributed by atoms with Gasteiger partial charge in [0, 0.05) is 23.7 Å². The summed E-state index contributed by atoms with van der Waals surface area (Å²) in [5.41, 5.74) is 2.38. The van der Waals surface area contributed by atoms with Gasteiger partial charge in [-0.2, -0.15) is 4.98 Å². The largest absolute Gasteiger partial charge is 0.365 e. The number of anilines is 2. The van der Waals surface area contributed by atoms with Crippen LogP contribution in [-0.2, 0) is 6.54 Å². The minimum absolute atomic E-state index is 0.640. The van der Waals surface area contributed by atoms with E-state index in [-0.39, 0.29) is 0 Å². The van der Waals surface area contributed by atoms with Gasteiger partial charge in [-0.15, -0.1) is 11.3 Å². The summed E-state index contributed by atoms with van der Waals surface area (Å²) in [7, 11) is 1.82. The van der Waals surface area contributed by atoms with Crippen LogP contribution in [0.25, 0.3) is 0 Å². The van der Waals surface area contributed by atoms with Crippen molar-refractivity contribution in [2.24, 2.45) is 0 Å². The molecule has 2 aromatic rings. The van der Waals surface area contributed by atoms with Gasteiger partial charge in [0.15, 0.2) is 0 Å². The summed E-state index contributed by atoms with van der Waals surface area (Å²) in [6, 6.07) is 2.13.